The van der Waals surface area contributed by atoms with Gasteiger partial charge in [0.05, 0.1) is 18.0 Å². The van der Waals surface area contributed by atoms with E-state index in [0.29, 0.717) is 24.4 Å². The Hall–Kier alpha value is -2.31. The van der Waals surface area contributed by atoms with Gasteiger partial charge in [0.1, 0.15) is 0 Å². The Balaban J connectivity index is 1.73. The van der Waals surface area contributed by atoms with E-state index >= 15 is 0 Å². The van der Waals surface area contributed by atoms with Crippen LogP contribution in [0.2, 0.25) is 0 Å². The third kappa shape index (κ3) is 5.89. The highest BCUT2D eigenvalue weighted by molar-refractivity contribution is 8.00. The third-order valence-corrected chi connectivity index (χ3v) is 6.88. The van der Waals surface area contributed by atoms with Crippen molar-refractivity contribution in [2.24, 2.45) is 0 Å². The van der Waals surface area contributed by atoms with Gasteiger partial charge in [0, 0.05) is 17.0 Å². The van der Waals surface area contributed by atoms with E-state index in [4.69, 9.17) is 0 Å². The molecule has 2 amide bonds. The third-order valence-electron chi connectivity index (χ3n) is 5.83. The molecule has 1 N–H and O–H groups in total. The summed E-state index contributed by atoms with van der Waals surface area (Å²) in [6.07, 6.45) is 0.922. The van der Waals surface area contributed by atoms with Crippen molar-refractivity contribution in [2.45, 2.75) is 45.6 Å². The van der Waals surface area contributed by atoms with Crippen LogP contribution in [0.15, 0.2) is 41.3 Å². The van der Waals surface area contributed by atoms with Crippen molar-refractivity contribution >= 4 is 29.3 Å². The number of fused-ring (bicyclic) bond motifs is 1. The second-order valence-electron chi connectivity index (χ2n) is 8.02. The van der Waals surface area contributed by atoms with Crippen LogP contribution >= 0.6 is 11.8 Å². The minimum atomic E-state index is -0.0861. The summed E-state index contributed by atoms with van der Waals surface area (Å²) in [5.74, 6) is 0.418. The summed E-state index contributed by atoms with van der Waals surface area (Å²) in [6, 6.07) is 12.0. The second-order valence-corrected chi connectivity index (χ2v) is 9.03. The van der Waals surface area contributed by atoms with Gasteiger partial charge >= 0.3 is 0 Å². The predicted molar refractivity (Wildman–Crippen MR) is 129 cm³/mol. The molecule has 0 aliphatic carbocycles. The van der Waals surface area contributed by atoms with Crippen molar-refractivity contribution < 1.29 is 9.59 Å². The molecule has 0 aromatic heterocycles. The van der Waals surface area contributed by atoms with E-state index < -0.39 is 0 Å². The highest BCUT2D eigenvalue weighted by Gasteiger charge is 2.26. The molecule has 0 spiro atoms. The molecule has 31 heavy (non-hydrogen) atoms. The summed E-state index contributed by atoms with van der Waals surface area (Å²) in [6.45, 7) is 12.6. The van der Waals surface area contributed by atoms with Gasteiger partial charge in [-0.15, -0.1) is 11.8 Å². The largest absolute Gasteiger partial charge is 0.352 e. The maximum Gasteiger partial charge on any atom is 0.251 e. The first-order chi connectivity index (χ1) is 14.9. The van der Waals surface area contributed by atoms with Gasteiger partial charge in [-0.2, -0.15) is 0 Å². The average molecular weight is 440 g/mol. The van der Waals surface area contributed by atoms with E-state index in [9.17, 15) is 9.59 Å². The SMILES string of the molecule is CCN(CC)CCCNC(=O)c1ccc2c(c1)N(Cc1cc(C)ccc1C)C(=O)CS2. The highest BCUT2D eigenvalue weighted by atomic mass is 32.2. The van der Waals surface area contributed by atoms with Crippen molar-refractivity contribution in [1.82, 2.24) is 10.2 Å². The molecule has 0 saturated carbocycles. The number of anilines is 1. The van der Waals surface area contributed by atoms with Crippen LogP contribution in [-0.2, 0) is 11.3 Å². The van der Waals surface area contributed by atoms with Crippen molar-refractivity contribution in [3.8, 4) is 0 Å². The van der Waals surface area contributed by atoms with Gasteiger partial charge in [-0.25, -0.2) is 0 Å². The summed E-state index contributed by atoms with van der Waals surface area (Å²) >= 11 is 1.54. The molecular formula is C25H33N3O2S. The van der Waals surface area contributed by atoms with E-state index in [1.165, 1.54) is 11.1 Å². The van der Waals surface area contributed by atoms with Gasteiger partial charge in [0.2, 0.25) is 5.91 Å². The van der Waals surface area contributed by atoms with Crippen molar-refractivity contribution in [2.75, 3.05) is 36.8 Å². The quantitative estimate of drug-likeness (QED) is 0.588. The van der Waals surface area contributed by atoms with E-state index in [2.05, 4.69) is 56.1 Å². The molecule has 0 unspecified atom stereocenters. The molecular weight excluding hydrogens is 406 g/mol. The lowest BCUT2D eigenvalue weighted by Gasteiger charge is -2.30. The summed E-state index contributed by atoms with van der Waals surface area (Å²) < 4.78 is 0. The molecule has 5 nitrogen and oxygen atoms in total. The molecule has 166 valence electrons. The Labute approximate surface area is 190 Å². The lowest BCUT2D eigenvalue weighted by molar-refractivity contribution is -0.116. The number of carbonyl (C=O) groups excluding carboxylic acids is 2. The molecule has 0 saturated heterocycles. The zero-order valence-electron chi connectivity index (χ0n) is 19.0. The van der Waals surface area contributed by atoms with Gasteiger partial charge < -0.3 is 15.1 Å². The van der Waals surface area contributed by atoms with Crippen molar-refractivity contribution in [3.63, 3.8) is 0 Å². The van der Waals surface area contributed by atoms with Crippen LogP contribution in [0, 0.1) is 13.8 Å². The molecule has 0 fully saturated rings. The van der Waals surface area contributed by atoms with Crippen LogP contribution in [-0.4, -0.2) is 48.6 Å². The number of aryl methyl sites for hydroxylation is 2. The smallest absolute Gasteiger partial charge is 0.251 e. The maximum absolute atomic E-state index is 12.8. The van der Waals surface area contributed by atoms with Gasteiger partial charge in [0.15, 0.2) is 0 Å². The molecule has 6 heteroatoms. The van der Waals surface area contributed by atoms with Gasteiger partial charge in [-0.1, -0.05) is 37.6 Å². The second kappa shape index (κ2) is 10.8. The summed E-state index contributed by atoms with van der Waals surface area (Å²) in [5.41, 5.74) is 4.91. The molecule has 0 atom stereocenters. The van der Waals surface area contributed by atoms with Crippen LogP contribution in [0.1, 0.15) is 47.3 Å². The lowest BCUT2D eigenvalue weighted by Crippen LogP contribution is -2.35. The maximum atomic E-state index is 12.8. The Bertz CT molecular complexity index is 940. The Kier molecular flexibility index (Phi) is 8.15. The summed E-state index contributed by atoms with van der Waals surface area (Å²) in [5, 5.41) is 3.03. The summed E-state index contributed by atoms with van der Waals surface area (Å²) in [7, 11) is 0. The zero-order valence-corrected chi connectivity index (χ0v) is 19.8. The first-order valence-electron chi connectivity index (χ1n) is 11.1. The van der Waals surface area contributed by atoms with Crippen LogP contribution in [0.4, 0.5) is 5.69 Å². The van der Waals surface area contributed by atoms with Crippen molar-refractivity contribution in [3.05, 3.63) is 58.7 Å². The molecule has 0 bridgehead atoms. The predicted octanol–water partition coefficient (Wildman–Crippen LogP) is 4.40. The Morgan fingerprint density at radius 3 is 2.65 bits per heavy atom. The molecule has 1 heterocycles. The molecule has 3 rings (SSSR count). The monoisotopic (exact) mass is 439 g/mol. The normalized spacial score (nSPS) is 13.5. The number of nitrogens with zero attached hydrogens (tertiary/aromatic N) is 2. The van der Waals surface area contributed by atoms with Gasteiger partial charge in [-0.05, 0) is 69.2 Å². The minimum Gasteiger partial charge on any atom is -0.352 e. The van der Waals surface area contributed by atoms with E-state index in [0.717, 1.165) is 42.2 Å². The topological polar surface area (TPSA) is 52.7 Å². The molecule has 1 aliphatic heterocycles. The number of carbonyl (C=O) groups is 2. The van der Waals surface area contributed by atoms with Crippen LogP contribution < -0.4 is 10.2 Å². The van der Waals surface area contributed by atoms with Crippen LogP contribution in [0.25, 0.3) is 0 Å². The first kappa shape index (κ1) is 23.4. The van der Waals surface area contributed by atoms with E-state index in [1.807, 2.05) is 23.1 Å². The van der Waals surface area contributed by atoms with Crippen LogP contribution in [0.3, 0.4) is 0 Å². The fourth-order valence-electron chi connectivity index (χ4n) is 3.80. The minimum absolute atomic E-state index is 0.0789. The number of amides is 2. The Morgan fingerprint density at radius 1 is 1.13 bits per heavy atom. The molecule has 0 radical (unpaired) electrons. The van der Waals surface area contributed by atoms with E-state index in [1.54, 1.807) is 11.8 Å². The van der Waals surface area contributed by atoms with Crippen LogP contribution in [0.5, 0.6) is 0 Å². The number of rotatable bonds is 9. The fourth-order valence-corrected chi connectivity index (χ4v) is 4.72. The zero-order chi connectivity index (χ0) is 22.4. The molecule has 1 aliphatic rings. The number of thioether (sulfide) groups is 1. The number of hydrogen-bond donors (Lipinski definition) is 1. The average Bonchev–Trinajstić information content (AvgIpc) is 2.77. The number of hydrogen-bond acceptors (Lipinski definition) is 4. The summed E-state index contributed by atoms with van der Waals surface area (Å²) in [4.78, 5) is 30.7. The van der Waals surface area contributed by atoms with E-state index in [-0.39, 0.29) is 11.8 Å². The first-order valence-corrected chi connectivity index (χ1v) is 12.0. The fraction of sp³-hybridized carbons (Fsp3) is 0.440. The standard InChI is InChI=1S/C25H33N3O2S/c1-5-27(6-2)13-7-12-26-25(30)20-10-11-23-22(15-20)28(24(29)17-31-23)16-21-14-18(3)8-9-19(21)4/h8-11,14-15H,5-7,12-13,16-17H2,1-4H3,(H,26,30). The van der Waals surface area contributed by atoms with Gasteiger partial charge in [-0.3, -0.25) is 9.59 Å². The highest BCUT2D eigenvalue weighted by Crippen LogP contribution is 2.37. The van der Waals surface area contributed by atoms with Crippen molar-refractivity contribution in [1.29, 1.82) is 0 Å². The Morgan fingerprint density at radius 2 is 1.90 bits per heavy atom. The number of benzene rings is 2. The lowest BCUT2D eigenvalue weighted by atomic mass is 10.0. The number of nitrogens with one attached hydrogen (secondary N) is 1. The molecule has 2 aromatic rings. The van der Waals surface area contributed by atoms with Gasteiger partial charge in [0.25, 0.3) is 5.91 Å². The molecule has 2 aromatic carbocycles.